The molecule has 31 heavy (non-hydrogen) atoms. The highest BCUT2D eigenvalue weighted by Crippen LogP contribution is 2.40. The molecule has 0 amide bonds. The van der Waals surface area contributed by atoms with E-state index in [-0.39, 0.29) is 28.5 Å². The van der Waals surface area contributed by atoms with Crippen molar-refractivity contribution in [1.29, 1.82) is 0 Å². The third kappa shape index (κ3) is 3.92. The van der Waals surface area contributed by atoms with Gasteiger partial charge in [0, 0.05) is 23.4 Å². The molecule has 2 N–H and O–H groups in total. The van der Waals surface area contributed by atoms with Gasteiger partial charge in [0.25, 0.3) is 11.2 Å². The van der Waals surface area contributed by atoms with Gasteiger partial charge in [-0.25, -0.2) is 4.68 Å². The summed E-state index contributed by atoms with van der Waals surface area (Å²) in [5.74, 6) is -0.879. The van der Waals surface area contributed by atoms with Crippen molar-refractivity contribution < 1.29 is 19.9 Å². The first-order valence-corrected chi connectivity index (χ1v) is 10.1. The van der Waals surface area contributed by atoms with Crippen LogP contribution in [0.25, 0.3) is 0 Å². The molecule has 2 unspecified atom stereocenters. The van der Waals surface area contributed by atoms with E-state index in [1.54, 1.807) is 0 Å². The molecule has 1 fully saturated rings. The van der Waals surface area contributed by atoms with Gasteiger partial charge in [0.15, 0.2) is 0 Å². The van der Waals surface area contributed by atoms with Crippen LogP contribution in [0, 0.1) is 10.1 Å². The van der Waals surface area contributed by atoms with Gasteiger partial charge in [-0.3, -0.25) is 20.0 Å². The second-order valence-electron chi connectivity index (χ2n) is 9.17. The van der Waals surface area contributed by atoms with Crippen molar-refractivity contribution in [2.45, 2.75) is 70.2 Å². The number of H-pyrrole nitrogens is 1. The standard InChI is InChI=1S/C21H28N4O6/c1-10(2)16-14(20(28)24(23-16)21(3,4)5)15-18(26)17(19(15)27)22-12-8-7-11(25(29)30)9-13(12)31-6/h7-10,15,17-19,22-23H,1-6H3/q-2. The second kappa shape index (κ2) is 8.01. The fraction of sp³-hybridized carbons (Fsp3) is 0.571. The van der Waals surface area contributed by atoms with Crippen molar-refractivity contribution in [2.24, 2.45) is 0 Å². The summed E-state index contributed by atoms with van der Waals surface area (Å²) in [4.78, 5) is 23.5. The number of hydrogen-bond donors (Lipinski definition) is 2. The molecule has 0 saturated heterocycles. The molecule has 1 heterocycles. The lowest BCUT2D eigenvalue weighted by molar-refractivity contribution is -0.530. The number of nitro groups is 1. The van der Waals surface area contributed by atoms with Crippen LogP contribution in [0.2, 0.25) is 0 Å². The SMILES string of the molecule is COc1cc([N+](=O)[O-])ccc1NC1C([O-])C(c2c(C(C)C)[nH]n(C(C)(C)C)c2=O)C1[O-]. The molecule has 10 heteroatoms. The smallest absolute Gasteiger partial charge is 0.273 e. The zero-order valence-electron chi connectivity index (χ0n) is 18.5. The third-order valence-corrected chi connectivity index (χ3v) is 5.67. The summed E-state index contributed by atoms with van der Waals surface area (Å²) >= 11 is 0. The van der Waals surface area contributed by atoms with E-state index in [2.05, 4.69) is 10.4 Å². The fourth-order valence-corrected chi connectivity index (χ4v) is 3.96. The van der Waals surface area contributed by atoms with Crippen LogP contribution in [-0.4, -0.2) is 40.1 Å². The van der Waals surface area contributed by atoms with Gasteiger partial charge in [-0.2, -0.15) is 0 Å². The molecule has 1 saturated carbocycles. The Balaban J connectivity index is 1.91. The summed E-state index contributed by atoms with van der Waals surface area (Å²) in [6, 6.07) is 2.92. The molecule has 0 aliphatic heterocycles. The summed E-state index contributed by atoms with van der Waals surface area (Å²) in [6.07, 6.45) is -2.70. The van der Waals surface area contributed by atoms with Gasteiger partial charge in [0.1, 0.15) is 5.75 Å². The van der Waals surface area contributed by atoms with Gasteiger partial charge in [0.2, 0.25) is 0 Å². The summed E-state index contributed by atoms with van der Waals surface area (Å²) in [5, 5.41) is 43.0. The zero-order chi connectivity index (χ0) is 23.2. The molecule has 0 spiro atoms. The Morgan fingerprint density at radius 1 is 1.23 bits per heavy atom. The first kappa shape index (κ1) is 22.8. The highest BCUT2D eigenvalue weighted by Gasteiger charge is 2.42. The van der Waals surface area contributed by atoms with Crippen LogP contribution < -0.4 is 25.8 Å². The first-order valence-electron chi connectivity index (χ1n) is 10.1. The van der Waals surface area contributed by atoms with E-state index in [4.69, 9.17) is 4.74 Å². The number of benzene rings is 1. The number of aromatic amines is 1. The van der Waals surface area contributed by atoms with Gasteiger partial charge in [-0.1, -0.05) is 13.8 Å². The minimum Gasteiger partial charge on any atom is -0.850 e. The van der Waals surface area contributed by atoms with Crippen molar-refractivity contribution in [2.75, 3.05) is 12.4 Å². The first-order chi connectivity index (χ1) is 14.4. The number of anilines is 1. The lowest BCUT2D eigenvalue weighted by Crippen LogP contribution is -2.72. The minimum atomic E-state index is -1.35. The van der Waals surface area contributed by atoms with Crippen molar-refractivity contribution in [3.63, 3.8) is 0 Å². The molecule has 0 radical (unpaired) electrons. The molecule has 0 bridgehead atoms. The number of rotatable bonds is 6. The monoisotopic (exact) mass is 432 g/mol. The normalized spacial score (nSPS) is 23.5. The van der Waals surface area contributed by atoms with E-state index in [0.29, 0.717) is 11.4 Å². The molecule has 170 valence electrons. The van der Waals surface area contributed by atoms with Crippen molar-refractivity contribution >= 4 is 11.4 Å². The Bertz CT molecular complexity index is 1030. The van der Waals surface area contributed by atoms with E-state index in [1.165, 1.54) is 30.0 Å². The number of methoxy groups -OCH3 is 1. The van der Waals surface area contributed by atoms with Crippen LogP contribution in [0.15, 0.2) is 23.0 Å². The quantitative estimate of drug-likeness (QED) is 0.511. The Labute approximate surface area is 180 Å². The summed E-state index contributed by atoms with van der Waals surface area (Å²) in [5.41, 5.74) is 0.167. The number of aromatic nitrogens is 2. The van der Waals surface area contributed by atoms with Crippen LogP contribution in [0.4, 0.5) is 11.4 Å². The van der Waals surface area contributed by atoms with Crippen molar-refractivity contribution in [1.82, 2.24) is 9.78 Å². The predicted molar refractivity (Wildman–Crippen MR) is 112 cm³/mol. The average molecular weight is 432 g/mol. The molecule has 3 rings (SSSR count). The summed E-state index contributed by atoms with van der Waals surface area (Å²) in [7, 11) is 1.35. The Hall–Kier alpha value is -2.85. The Morgan fingerprint density at radius 3 is 2.32 bits per heavy atom. The van der Waals surface area contributed by atoms with E-state index < -0.39 is 34.6 Å². The predicted octanol–water partition coefficient (Wildman–Crippen LogP) is 1.01. The summed E-state index contributed by atoms with van der Waals surface area (Å²) < 4.78 is 6.64. The van der Waals surface area contributed by atoms with Crippen LogP contribution in [0.5, 0.6) is 5.75 Å². The van der Waals surface area contributed by atoms with Crippen molar-refractivity contribution in [3.05, 3.63) is 49.9 Å². The molecule has 1 aliphatic carbocycles. The van der Waals surface area contributed by atoms with Gasteiger partial charge >= 0.3 is 0 Å². The summed E-state index contributed by atoms with van der Waals surface area (Å²) in [6.45, 7) is 9.41. The maximum Gasteiger partial charge on any atom is 0.273 e. The van der Waals surface area contributed by atoms with E-state index in [9.17, 15) is 25.1 Å². The number of nitrogens with one attached hydrogen (secondary N) is 2. The second-order valence-corrected chi connectivity index (χ2v) is 9.17. The molecule has 1 aliphatic rings. The minimum absolute atomic E-state index is 0.0625. The zero-order valence-corrected chi connectivity index (χ0v) is 18.5. The maximum absolute atomic E-state index is 13.1. The van der Waals surface area contributed by atoms with Crippen LogP contribution in [0.3, 0.4) is 0 Å². The van der Waals surface area contributed by atoms with Crippen LogP contribution in [0.1, 0.15) is 57.7 Å². The fourth-order valence-electron chi connectivity index (χ4n) is 3.96. The van der Waals surface area contributed by atoms with E-state index in [1.807, 2.05) is 34.6 Å². The van der Waals surface area contributed by atoms with Crippen molar-refractivity contribution in [3.8, 4) is 5.75 Å². The Morgan fingerprint density at radius 2 is 1.84 bits per heavy atom. The molecule has 1 aromatic heterocycles. The number of nitro benzene ring substituents is 1. The molecule has 2 aromatic rings. The van der Waals surface area contributed by atoms with Gasteiger partial charge in [-0.05, 0) is 38.7 Å². The lowest BCUT2D eigenvalue weighted by Gasteiger charge is -2.61. The van der Waals surface area contributed by atoms with Crippen LogP contribution in [-0.2, 0) is 5.54 Å². The van der Waals surface area contributed by atoms with Gasteiger partial charge in [-0.15, -0.1) is 12.2 Å². The number of ether oxygens (including phenoxy) is 1. The highest BCUT2D eigenvalue weighted by molar-refractivity contribution is 5.62. The number of nitrogens with zero attached hydrogens (tertiary/aromatic N) is 2. The third-order valence-electron chi connectivity index (χ3n) is 5.67. The number of non-ortho nitro benzene ring substituents is 1. The van der Waals surface area contributed by atoms with Gasteiger partial charge in [0.05, 0.1) is 29.3 Å². The molecule has 10 nitrogen and oxygen atoms in total. The van der Waals surface area contributed by atoms with E-state index >= 15 is 0 Å². The molecule has 2 atom stereocenters. The molecular weight excluding hydrogens is 404 g/mol. The van der Waals surface area contributed by atoms with Gasteiger partial charge < -0.3 is 20.3 Å². The van der Waals surface area contributed by atoms with Crippen LogP contribution >= 0.6 is 0 Å². The largest absolute Gasteiger partial charge is 0.850 e. The molecule has 1 aromatic carbocycles. The average Bonchev–Trinajstić information content (AvgIpc) is 3.03. The molecular formula is C21H28N4O6-2. The highest BCUT2D eigenvalue weighted by atomic mass is 16.6. The van der Waals surface area contributed by atoms with E-state index in [0.717, 1.165) is 0 Å². The lowest BCUT2D eigenvalue weighted by atomic mass is 9.69. The Kier molecular flexibility index (Phi) is 5.90. The topological polar surface area (TPSA) is 148 Å². The number of hydrogen-bond acceptors (Lipinski definition) is 7. The maximum atomic E-state index is 13.1.